The quantitative estimate of drug-likeness (QED) is 0.499. The smallest absolute Gasteiger partial charge is 0.337 e. The zero-order valence-corrected chi connectivity index (χ0v) is 19.5. The molecule has 2 aromatic heterocycles. The zero-order valence-electron chi connectivity index (χ0n) is 18.6. The molecular weight excluding hydrogens is 413 g/mol. The maximum Gasteiger partial charge on any atom is 0.337 e. The Hall–Kier alpha value is -2.31. The molecule has 4 rings (SSSR count). The van der Waals surface area contributed by atoms with Crippen LogP contribution in [0, 0.1) is 19.7 Å². The van der Waals surface area contributed by atoms with Crippen LogP contribution < -0.4 is 0 Å². The van der Waals surface area contributed by atoms with E-state index < -0.39 is 17.7 Å². The number of carboxylic acid groups (broad SMARTS) is 1. The van der Waals surface area contributed by atoms with E-state index in [-0.39, 0.29) is 5.82 Å². The second kappa shape index (κ2) is 7.99. The summed E-state index contributed by atoms with van der Waals surface area (Å²) in [6, 6.07) is 5.12. The fourth-order valence-corrected chi connectivity index (χ4v) is 5.74. The van der Waals surface area contributed by atoms with Gasteiger partial charge in [-0.25, -0.2) is 14.2 Å². The van der Waals surface area contributed by atoms with Gasteiger partial charge in [-0.3, -0.25) is 0 Å². The largest absolute Gasteiger partial charge is 0.479 e. The third kappa shape index (κ3) is 4.11. The number of halogens is 1. The fourth-order valence-electron chi connectivity index (χ4n) is 4.43. The van der Waals surface area contributed by atoms with Gasteiger partial charge in [-0.1, -0.05) is 12.1 Å². The molecule has 0 spiro atoms. The molecule has 2 heterocycles. The van der Waals surface area contributed by atoms with Crippen molar-refractivity contribution in [2.24, 2.45) is 0 Å². The van der Waals surface area contributed by atoms with E-state index in [0.29, 0.717) is 22.4 Å². The molecule has 1 atom stereocenters. The number of carboxylic acids is 1. The molecule has 1 aliphatic carbocycles. The summed E-state index contributed by atoms with van der Waals surface area (Å²) < 4.78 is 21.3. The highest BCUT2D eigenvalue weighted by Gasteiger charge is 2.34. The van der Waals surface area contributed by atoms with Crippen molar-refractivity contribution in [3.8, 4) is 11.1 Å². The molecule has 3 aromatic rings. The van der Waals surface area contributed by atoms with Gasteiger partial charge in [0.2, 0.25) is 0 Å². The van der Waals surface area contributed by atoms with Crippen LogP contribution in [0.1, 0.15) is 67.0 Å². The third-order valence-corrected chi connectivity index (χ3v) is 6.87. The highest BCUT2D eigenvalue weighted by atomic mass is 32.1. The highest BCUT2D eigenvalue weighted by molar-refractivity contribution is 7.19. The first-order valence-corrected chi connectivity index (χ1v) is 11.5. The summed E-state index contributed by atoms with van der Waals surface area (Å²) in [4.78, 5) is 19.3. The first kappa shape index (κ1) is 21.9. The number of hydrogen-bond donors (Lipinski definition) is 1. The number of thiophene rings is 1. The molecule has 0 radical (unpaired) electrons. The molecule has 164 valence electrons. The minimum Gasteiger partial charge on any atom is -0.479 e. The molecule has 1 aromatic carbocycles. The molecule has 0 fully saturated rings. The Morgan fingerprint density at radius 2 is 1.94 bits per heavy atom. The van der Waals surface area contributed by atoms with Crippen molar-refractivity contribution in [2.75, 3.05) is 0 Å². The summed E-state index contributed by atoms with van der Waals surface area (Å²) >= 11 is 1.65. The van der Waals surface area contributed by atoms with Crippen molar-refractivity contribution in [3.05, 3.63) is 51.3 Å². The molecule has 1 N–H and O–H groups in total. The number of benzene rings is 1. The summed E-state index contributed by atoms with van der Waals surface area (Å²) in [5.74, 6) is -1.46. The van der Waals surface area contributed by atoms with E-state index in [1.54, 1.807) is 24.3 Å². The molecule has 0 bridgehead atoms. The van der Waals surface area contributed by atoms with Crippen LogP contribution in [0.4, 0.5) is 4.39 Å². The Morgan fingerprint density at radius 3 is 2.58 bits per heavy atom. The van der Waals surface area contributed by atoms with Crippen LogP contribution in [0.25, 0.3) is 21.3 Å². The third-order valence-electron chi connectivity index (χ3n) is 5.68. The molecule has 1 aliphatic rings. The van der Waals surface area contributed by atoms with Crippen molar-refractivity contribution < 1.29 is 19.0 Å². The Bertz CT molecular complexity index is 1180. The van der Waals surface area contributed by atoms with Crippen LogP contribution in [-0.4, -0.2) is 21.7 Å². The monoisotopic (exact) mass is 441 g/mol. The Labute approximate surface area is 186 Å². The number of nitrogens with zero attached hydrogens (tertiary/aromatic N) is 1. The Morgan fingerprint density at radius 1 is 1.23 bits per heavy atom. The van der Waals surface area contributed by atoms with Gasteiger partial charge in [0.1, 0.15) is 10.6 Å². The first-order valence-electron chi connectivity index (χ1n) is 10.7. The van der Waals surface area contributed by atoms with E-state index in [4.69, 9.17) is 9.72 Å². The van der Waals surface area contributed by atoms with Gasteiger partial charge in [-0.2, -0.15) is 0 Å². The number of carbonyl (C=O) groups is 1. The average molecular weight is 442 g/mol. The normalized spacial score (nSPS) is 15.2. The summed E-state index contributed by atoms with van der Waals surface area (Å²) in [5.41, 5.74) is 3.36. The van der Waals surface area contributed by atoms with Crippen molar-refractivity contribution in [1.29, 1.82) is 0 Å². The van der Waals surface area contributed by atoms with Gasteiger partial charge >= 0.3 is 5.97 Å². The highest BCUT2D eigenvalue weighted by Crippen LogP contribution is 2.46. The second-order valence-electron chi connectivity index (χ2n) is 9.31. The number of aryl methyl sites for hydroxylation is 4. The lowest BCUT2D eigenvalue weighted by molar-refractivity contribution is -0.160. The van der Waals surface area contributed by atoms with E-state index in [9.17, 15) is 9.90 Å². The van der Waals surface area contributed by atoms with Gasteiger partial charge < -0.3 is 9.84 Å². The maximum absolute atomic E-state index is 15.3. The standard InChI is InChI=1S/C25H28FNO3S/c1-13-10-11-15(17(26)12-13)20-19(22(24(28)29)30-25(3,4)5)14(2)27-23-21(20)16-8-6-7-9-18(16)31-23/h10-12,22H,6-9H2,1-5H3,(H,28,29). The van der Waals surface area contributed by atoms with E-state index in [2.05, 4.69) is 0 Å². The van der Waals surface area contributed by atoms with E-state index >= 15 is 4.39 Å². The molecule has 0 aliphatic heterocycles. The van der Waals surface area contributed by atoms with Gasteiger partial charge in [0.25, 0.3) is 0 Å². The Kier molecular flexibility index (Phi) is 5.64. The topological polar surface area (TPSA) is 59.4 Å². The summed E-state index contributed by atoms with van der Waals surface area (Å²) in [7, 11) is 0. The molecule has 0 saturated heterocycles. The molecule has 4 nitrogen and oxygen atoms in total. The van der Waals surface area contributed by atoms with Crippen molar-refractivity contribution in [2.45, 2.75) is 72.0 Å². The SMILES string of the molecule is Cc1ccc(-c2c(C(OC(C)(C)C)C(=O)O)c(C)nc3sc4c(c23)CCCC4)c(F)c1. The van der Waals surface area contributed by atoms with Crippen LogP contribution >= 0.6 is 11.3 Å². The number of rotatable bonds is 4. The van der Waals surface area contributed by atoms with E-state index in [0.717, 1.165) is 41.5 Å². The number of pyridine rings is 1. The fraction of sp³-hybridized carbons (Fsp3) is 0.440. The van der Waals surface area contributed by atoms with Crippen molar-refractivity contribution in [3.63, 3.8) is 0 Å². The minimum absolute atomic E-state index is 0.358. The lowest BCUT2D eigenvalue weighted by Crippen LogP contribution is -2.28. The number of aromatic nitrogens is 1. The van der Waals surface area contributed by atoms with Gasteiger partial charge in [0, 0.05) is 32.6 Å². The van der Waals surface area contributed by atoms with Gasteiger partial charge in [0.05, 0.1) is 5.60 Å². The van der Waals surface area contributed by atoms with Crippen molar-refractivity contribution >= 4 is 27.5 Å². The predicted octanol–water partition coefficient (Wildman–Crippen LogP) is 6.54. The lowest BCUT2D eigenvalue weighted by Gasteiger charge is -2.28. The molecular formula is C25H28FNO3S. The van der Waals surface area contributed by atoms with Gasteiger partial charge in [-0.15, -0.1) is 11.3 Å². The van der Waals surface area contributed by atoms with Crippen LogP contribution in [0.3, 0.4) is 0 Å². The number of fused-ring (bicyclic) bond motifs is 3. The summed E-state index contributed by atoms with van der Waals surface area (Å²) in [6.45, 7) is 9.11. The second-order valence-corrected chi connectivity index (χ2v) is 10.4. The number of aliphatic carboxylic acids is 1. The zero-order chi connectivity index (χ0) is 22.5. The molecule has 0 amide bonds. The number of ether oxygens (including phenoxy) is 1. The lowest BCUT2D eigenvalue weighted by atomic mass is 9.87. The van der Waals surface area contributed by atoms with Crippen LogP contribution in [0.15, 0.2) is 18.2 Å². The van der Waals surface area contributed by atoms with Crippen LogP contribution in [0.5, 0.6) is 0 Å². The predicted molar refractivity (Wildman–Crippen MR) is 122 cm³/mol. The molecule has 0 saturated carbocycles. The molecule has 6 heteroatoms. The van der Waals surface area contributed by atoms with E-state index in [1.165, 1.54) is 16.5 Å². The first-order chi connectivity index (χ1) is 14.6. The van der Waals surface area contributed by atoms with E-state index in [1.807, 2.05) is 33.8 Å². The average Bonchev–Trinajstić information content (AvgIpc) is 3.02. The molecule has 31 heavy (non-hydrogen) atoms. The van der Waals surface area contributed by atoms with Crippen LogP contribution in [0.2, 0.25) is 0 Å². The summed E-state index contributed by atoms with van der Waals surface area (Å²) in [5, 5.41) is 11.0. The molecule has 1 unspecified atom stereocenters. The van der Waals surface area contributed by atoms with Gasteiger partial charge in [0.15, 0.2) is 6.10 Å². The van der Waals surface area contributed by atoms with Crippen LogP contribution in [-0.2, 0) is 22.4 Å². The van der Waals surface area contributed by atoms with Crippen molar-refractivity contribution in [1.82, 2.24) is 4.98 Å². The van der Waals surface area contributed by atoms with Gasteiger partial charge in [-0.05, 0) is 77.5 Å². The maximum atomic E-state index is 15.3. The summed E-state index contributed by atoms with van der Waals surface area (Å²) in [6.07, 6.45) is 2.84. The number of hydrogen-bond acceptors (Lipinski definition) is 4. The Balaban J connectivity index is 2.12. The minimum atomic E-state index is -1.24.